The van der Waals surface area contributed by atoms with Crippen LogP contribution in [0.1, 0.15) is 26.4 Å². The number of benzene rings is 3. The van der Waals surface area contributed by atoms with E-state index < -0.39 is 0 Å². The summed E-state index contributed by atoms with van der Waals surface area (Å²) in [6.07, 6.45) is 0. The second-order valence-electron chi connectivity index (χ2n) is 9.03. The zero-order valence-corrected chi connectivity index (χ0v) is 21.6. The molecule has 4 aromatic rings. The summed E-state index contributed by atoms with van der Waals surface area (Å²) in [4.78, 5) is 30.3. The minimum Gasteiger partial charge on any atom is -0.497 e. The van der Waals surface area contributed by atoms with E-state index >= 15 is 0 Å². The molecular weight excluding hydrogens is 486 g/mol. The van der Waals surface area contributed by atoms with Crippen molar-refractivity contribution in [1.82, 2.24) is 14.4 Å². The summed E-state index contributed by atoms with van der Waals surface area (Å²) in [6.45, 7) is 3.85. The minimum atomic E-state index is -0.0682. The van der Waals surface area contributed by atoms with Crippen molar-refractivity contribution in [3.05, 3.63) is 107 Å². The zero-order chi connectivity index (χ0) is 25.9. The molecule has 0 atom stereocenters. The Morgan fingerprint density at radius 3 is 2.14 bits per heavy atom. The number of carbonyl (C=O) groups excluding carboxylic acids is 2. The smallest absolute Gasteiger partial charge is 0.255 e. The van der Waals surface area contributed by atoms with Crippen LogP contribution < -0.4 is 4.74 Å². The van der Waals surface area contributed by atoms with E-state index in [4.69, 9.17) is 16.3 Å². The lowest BCUT2D eigenvalue weighted by Gasteiger charge is -2.35. The predicted molar refractivity (Wildman–Crippen MR) is 146 cm³/mol. The minimum absolute atomic E-state index is 0.0359. The Morgan fingerprint density at radius 1 is 0.784 bits per heavy atom. The number of carbonyl (C=O) groups is 2. The lowest BCUT2D eigenvalue weighted by Crippen LogP contribution is -2.50. The first-order valence-electron chi connectivity index (χ1n) is 12.2. The molecule has 1 saturated heterocycles. The van der Waals surface area contributed by atoms with Gasteiger partial charge in [-0.2, -0.15) is 0 Å². The SMILES string of the molecule is COc1cccc(-n2c(-c3ccccc3)cc(C(=O)N3CCN(C(=O)c4cccc(Cl)c4)CC3)c2C)c1. The molecular formula is C30H28ClN3O3. The molecule has 3 aromatic carbocycles. The molecule has 0 bridgehead atoms. The van der Waals surface area contributed by atoms with Crippen LogP contribution in [0.5, 0.6) is 5.75 Å². The van der Waals surface area contributed by atoms with Gasteiger partial charge in [0.05, 0.1) is 18.4 Å². The van der Waals surface area contributed by atoms with Crippen LogP contribution in [0.25, 0.3) is 16.9 Å². The van der Waals surface area contributed by atoms with Gasteiger partial charge in [0.1, 0.15) is 5.75 Å². The topological polar surface area (TPSA) is 54.8 Å². The van der Waals surface area contributed by atoms with Gasteiger partial charge in [-0.1, -0.05) is 54.1 Å². The van der Waals surface area contributed by atoms with E-state index in [1.807, 2.05) is 72.5 Å². The number of piperazine rings is 1. The average molecular weight is 514 g/mol. The molecule has 0 aliphatic carbocycles. The van der Waals surface area contributed by atoms with Crippen molar-refractivity contribution < 1.29 is 14.3 Å². The monoisotopic (exact) mass is 513 g/mol. The third-order valence-corrected chi connectivity index (χ3v) is 7.02. The Labute approximate surface area is 221 Å². The Kier molecular flexibility index (Phi) is 7.01. The zero-order valence-electron chi connectivity index (χ0n) is 20.9. The highest BCUT2D eigenvalue weighted by Crippen LogP contribution is 2.31. The molecule has 1 fully saturated rings. The van der Waals surface area contributed by atoms with E-state index in [2.05, 4.69) is 4.57 Å². The van der Waals surface area contributed by atoms with Gasteiger partial charge in [-0.15, -0.1) is 0 Å². The van der Waals surface area contributed by atoms with Gasteiger partial charge in [0.25, 0.3) is 11.8 Å². The molecule has 188 valence electrons. The number of nitrogens with zero attached hydrogens (tertiary/aromatic N) is 3. The van der Waals surface area contributed by atoms with Crippen LogP contribution in [-0.4, -0.2) is 59.5 Å². The van der Waals surface area contributed by atoms with E-state index in [1.54, 1.807) is 36.3 Å². The van der Waals surface area contributed by atoms with Gasteiger partial charge < -0.3 is 19.1 Å². The molecule has 1 aliphatic heterocycles. The third kappa shape index (κ3) is 4.98. The summed E-state index contributed by atoms with van der Waals surface area (Å²) >= 11 is 6.06. The molecule has 0 saturated carbocycles. The molecule has 2 heterocycles. The number of amides is 2. The lowest BCUT2D eigenvalue weighted by atomic mass is 10.1. The van der Waals surface area contributed by atoms with Gasteiger partial charge in [0, 0.05) is 54.2 Å². The number of hydrogen-bond donors (Lipinski definition) is 0. The molecule has 0 unspecified atom stereocenters. The van der Waals surface area contributed by atoms with Crippen molar-refractivity contribution in [1.29, 1.82) is 0 Å². The molecule has 0 spiro atoms. The number of hydrogen-bond acceptors (Lipinski definition) is 3. The molecule has 1 aromatic heterocycles. The van der Waals surface area contributed by atoms with Crippen LogP contribution in [0.4, 0.5) is 0 Å². The van der Waals surface area contributed by atoms with Crippen LogP contribution in [-0.2, 0) is 0 Å². The van der Waals surface area contributed by atoms with Crippen LogP contribution >= 0.6 is 11.6 Å². The van der Waals surface area contributed by atoms with E-state index in [1.165, 1.54) is 0 Å². The number of rotatable bonds is 5. The number of methoxy groups -OCH3 is 1. The summed E-state index contributed by atoms with van der Waals surface area (Å²) in [7, 11) is 1.64. The van der Waals surface area contributed by atoms with Crippen LogP contribution in [0.2, 0.25) is 5.02 Å². The fourth-order valence-electron chi connectivity index (χ4n) is 4.81. The van der Waals surface area contributed by atoms with E-state index in [0.717, 1.165) is 28.4 Å². The molecule has 2 amide bonds. The van der Waals surface area contributed by atoms with Gasteiger partial charge in [0.15, 0.2) is 0 Å². The van der Waals surface area contributed by atoms with Crippen LogP contribution in [0.15, 0.2) is 84.9 Å². The second-order valence-corrected chi connectivity index (χ2v) is 9.46. The predicted octanol–water partition coefficient (Wildman–Crippen LogP) is 5.71. The van der Waals surface area contributed by atoms with Crippen molar-refractivity contribution in [2.75, 3.05) is 33.3 Å². The van der Waals surface area contributed by atoms with Crippen LogP contribution in [0, 0.1) is 6.92 Å². The molecule has 0 N–H and O–H groups in total. The van der Waals surface area contributed by atoms with Gasteiger partial charge in [0.2, 0.25) is 0 Å². The van der Waals surface area contributed by atoms with Crippen LogP contribution in [0.3, 0.4) is 0 Å². The first-order valence-corrected chi connectivity index (χ1v) is 12.6. The molecule has 37 heavy (non-hydrogen) atoms. The Morgan fingerprint density at radius 2 is 1.46 bits per heavy atom. The highest BCUT2D eigenvalue weighted by molar-refractivity contribution is 6.30. The normalized spacial score (nSPS) is 13.5. The van der Waals surface area contributed by atoms with Crippen molar-refractivity contribution in [3.63, 3.8) is 0 Å². The summed E-state index contributed by atoms with van der Waals surface area (Å²) < 4.78 is 7.55. The van der Waals surface area contributed by atoms with Gasteiger partial charge in [-0.3, -0.25) is 9.59 Å². The second kappa shape index (κ2) is 10.5. The first kappa shape index (κ1) is 24.7. The largest absolute Gasteiger partial charge is 0.497 e. The Balaban J connectivity index is 1.42. The molecule has 6 nitrogen and oxygen atoms in total. The van der Waals surface area contributed by atoms with E-state index in [-0.39, 0.29) is 11.8 Å². The van der Waals surface area contributed by atoms with Crippen molar-refractivity contribution in [2.45, 2.75) is 6.92 Å². The number of halogens is 1. The van der Waals surface area contributed by atoms with E-state index in [9.17, 15) is 9.59 Å². The Hall–Kier alpha value is -4.03. The molecule has 7 heteroatoms. The summed E-state index contributed by atoms with van der Waals surface area (Å²) in [5.74, 6) is 0.644. The number of aromatic nitrogens is 1. The highest BCUT2D eigenvalue weighted by atomic mass is 35.5. The average Bonchev–Trinajstić information content (AvgIpc) is 3.29. The maximum absolute atomic E-state index is 13.7. The van der Waals surface area contributed by atoms with Gasteiger partial charge in [-0.25, -0.2) is 0 Å². The summed E-state index contributed by atoms with van der Waals surface area (Å²) in [5, 5.41) is 0.532. The number of ether oxygens (including phenoxy) is 1. The molecule has 0 radical (unpaired) electrons. The molecule has 5 rings (SSSR count). The van der Waals surface area contributed by atoms with Gasteiger partial charge >= 0.3 is 0 Å². The fourth-order valence-corrected chi connectivity index (χ4v) is 5.00. The summed E-state index contributed by atoms with van der Waals surface area (Å²) in [6, 6.07) is 26.8. The summed E-state index contributed by atoms with van der Waals surface area (Å²) in [5.41, 5.74) is 4.94. The first-order chi connectivity index (χ1) is 18.0. The lowest BCUT2D eigenvalue weighted by molar-refractivity contribution is 0.0535. The fraction of sp³-hybridized carbons (Fsp3) is 0.200. The van der Waals surface area contributed by atoms with Crippen molar-refractivity contribution >= 4 is 23.4 Å². The maximum atomic E-state index is 13.7. The quantitative estimate of drug-likeness (QED) is 0.343. The Bertz CT molecular complexity index is 1440. The standard InChI is InChI=1S/C30H28ClN3O3/c1-21-27(30(36)33-16-14-32(15-17-33)29(35)23-10-6-11-24(31)18-23)20-28(22-8-4-3-5-9-22)34(21)25-12-7-13-26(19-25)37-2/h3-13,18-20H,14-17H2,1-2H3. The maximum Gasteiger partial charge on any atom is 0.255 e. The van der Waals surface area contributed by atoms with Gasteiger partial charge in [-0.05, 0) is 48.9 Å². The highest BCUT2D eigenvalue weighted by Gasteiger charge is 2.28. The third-order valence-electron chi connectivity index (χ3n) is 6.78. The van der Waals surface area contributed by atoms with Crippen molar-refractivity contribution in [3.8, 4) is 22.7 Å². The molecule has 1 aliphatic rings. The van der Waals surface area contributed by atoms with Crippen molar-refractivity contribution in [2.24, 2.45) is 0 Å². The van der Waals surface area contributed by atoms with E-state index in [0.29, 0.717) is 42.3 Å².